The molecule has 0 bridgehead atoms. The van der Waals surface area contributed by atoms with E-state index in [-0.39, 0.29) is 11.7 Å². The summed E-state index contributed by atoms with van der Waals surface area (Å²) in [5.74, 6) is 0.373. The van der Waals surface area contributed by atoms with Crippen molar-refractivity contribution in [3.05, 3.63) is 34.4 Å². The number of H-pyrrole nitrogens is 1. The average molecular weight is 280 g/mol. The molecule has 1 aromatic carbocycles. The lowest BCUT2D eigenvalue weighted by Gasteiger charge is -2.02. The Hall–Kier alpha value is -1.09. The molecule has 0 radical (unpaired) electrons. The topological polar surface area (TPSA) is 32.9 Å². The molecule has 0 aliphatic heterocycles. The van der Waals surface area contributed by atoms with Gasteiger partial charge in [-0.2, -0.15) is 0 Å². The fourth-order valence-electron chi connectivity index (χ4n) is 1.69. The number of fused-ring (bicyclic) bond motifs is 1. The summed E-state index contributed by atoms with van der Waals surface area (Å²) in [5, 5.41) is 1.13. The predicted molar refractivity (Wildman–Crippen MR) is 69.5 cm³/mol. The first kappa shape index (κ1) is 11.4. The molecule has 1 aromatic heterocycles. The molecule has 0 atom stereocenters. The van der Waals surface area contributed by atoms with Gasteiger partial charge in [0.1, 0.15) is 5.78 Å². The van der Waals surface area contributed by atoms with Crippen molar-refractivity contribution in [2.75, 3.05) is 0 Å². The second kappa shape index (κ2) is 4.42. The molecule has 0 saturated heterocycles. The second-order valence-electron chi connectivity index (χ2n) is 4.30. The van der Waals surface area contributed by atoms with Crippen molar-refractivity contribution in [3.8, 4) is 0 Å². The number of aromatic nitrogens is 1. The number of nitrogens with one attached hydrogen (secondary N) is 1. The summed E-state index contributed by atoms with van der Waals surface area (Å²) in [5.41, 5.74) is 2.16. The van der Waals surface area contributed by atoms with Crippen LogP contribution in [0.3, 0.4) is 0 Å². The SMILES string of the molecule is CC(C)C(=O)Cc1c[nH]c2ccc(Br)cc12. The Labute approximate surface area is 103 Å². The molecule has 2 aromatic rings. The summed E-state index contributed by atoms with van der Waals surface area (Å²) >= 11 is 3.45. The molecule has 0 saturated carbocycles. The normalized spacial score (nSPS) is 11.2. The Morgan fingerprint density at radius 2 is 2.19 bits per heavy atom. The van der Waals surface area contributed by atoms with Gasteiger partial charge in [-0.3, -0.25) is 4.79 Å². The number of hydrogen-bond donors (Lipinski definition) is 1. The minimum absolute atomic E-state index is 0.0945. The summed E-state index contributed by atoms with van der Waals surface area (Å²) in [7, 11) is 0. The molecule has 0 aliphatic rings. The van der Waals surface area contributed by atoms with Crippen LogP contribution in [0.4, 0.5) is 0 Å². The smallest absolute Gasteiger partial charge is 0.139 e. The van der Waals surface area contributed by atoms with Crippen LogP contribution in [0.1, 0.15) is 19.4 Å². The van der Waals surface area contributed by atoms with Crippen LogP contribution in [-0.4, -0.2) is 10.8 Å². The van der Waals surface area contributed by atoms with Crippen molar-refractivity contribution in [1.82, 2.24) is 4.98 Å². The van der Waals surface area contributed by atoms with E-state index in [1.807, 2.05) is 32.2 Å². The molecule has 0 spiro atoms. The molecule has 0 unspecified atom stereocenters. The maximum atomic E-state index is 11.7. The Kier molecular flexibility index (Phi) is 3.15. The van der Waals surface area contributed by atoms with E-state index in [9.17, 15) is 4.79 Å². The van der Waals surface area contributed by atoms with Gasteiger partial charge in [-0.05, 0) is 23.8 Å². The first-order valence-electron chi connectivity index (χ1n) is 5.36. The highest BCUT2D eigenvalue weighted by atomic mass is 79.9. The molecule has 1 heterocycles. The van der Waals surface area contributed by atoms with Crippen molar-refractivity contribution < 1.29 is 4.79 Å². The maximum absolute atomic E-state index is 11.7. The fourth-order valence-corrected chi connectivity index (χ4v) is 2.05. The zero-order chi connectivity index (χ0) is 11.7. The fraction of sp³-hybridized carbons (Fsp3) is 0.308. The number of aromatic amines is 1. The molecular formula is C13H14BrNO. The van der Waals surface area contributed by atoms with Gasteiger partial charge in [-0.1, -0.05) is 29.8 Å². The number of carbonyl (C=O) groups is 1. The zero-order valence-electron chi connectivity index (χ0n) is 9.38. The second-order valence-corrected chi connectivity index (χ2v) is 5.22. The summed E-state index contributed by atoms with van der Waals surface area (Å²) in [4.78, 5) is 14.9. The molecule has 0 aliphatic carbocycles. The molecule has 2 nitrogen and oxygen atoms in total. The summed E-state index contributed by atoms with van der Waals surface area (Å²) in [6.07, 6.45) is 2.44. The monoisotopic (exact) mass is 279 g/mol. The maximum Gasteiger partial charge on any atom is 0.139 e. The van der Waals surface area contributed by atoms with Gasteiger partial charge >= 0.3 is 0 Å². The third-order valence-electron chi connectivity index (χ3n) is 2.74. The van der Waals surface area contributed by atoms with Crippen molar-refractivity contribution in [3.63, 3.8) is 0 Å². The summed E-state index contributed by atoms with van der Waals surface area (Å²) < 4.78 is 1.04. The lowest BCUT2D eigenvalue weighted by Crippen LogP contribution is -2.09. The standard InChI is InChI=1S/C13H14BrNO/c1-8(2)13(16)5-9-7-15-12-4-3-10(14)6-11(9)12/h3-4,6-8,15H,5H2,1-2H3. The largest absolute Gasteiger partial charge is 0.361 e. The molecule has 3 heteroatoms. The number of hydrogen-bond acceptors (Lipinski definition) is 1. The van der Waals surface area contributed by atoms with E-state index < -0.39 is 0 Å². The predicted octanol–water partition coefficient (Wildman–Crippen LogP) is 3.70. The van der Waals surface area contributed by atoms with Crippen LogP contribution in [0.25, 0.3) is 10.9 Å². The Bertz CT molecular complexity index is 528. The lowest BCUT2D eigenvalue weighted by molar-refractivity contribution is -0.121. The van der Waals surface area contributed by atoms with Gasteiger partial charge in [0.25, 0.3) is 0 Å². The van der Waals surface area contributed by atoms with Gasteiger partial charge in [0, 0.05) is 33.9 Å². The highest BCUT2D eigenvalue weighted by Gasteiger charge is 2.11. The van der Waals surface area contributed by atoms with E-state index >= 15 is 0 Å². The van der Waals surface area contributed by atoms with Crippen molar-refractivity contribution in [2.45, 2.75) is 20.3 Å². The Morgan fingerprint density at radius 1 is 1.44 bits per heavy atom. The van der Waals surface area contributed by atoms with Gasteiger partial charge in [0.15, 0.2) is 0 Å². The minimum Gasteiger partial charge on any atom is -0.361 e. The van der Waals surface area contributed by atoms with Crippen LogP contribution < -0.4 is 0 Å². The quantitative estimate of drug-likeness (QED) is 0.913. The van der Waals surface area contributed by atoms with Gasteiger partial charge in [0.2, 0.25) is 0 Å². The average Bonchev–Trinajstić information content (AvgIpc) is 2.61. The number of ketones is 1. The van der Waals surface area contributed by atoms with Crippen LogP contribution >= 0.6 is 15.9 Å². The van der Waals surface area contributed by atoms with Crippen molar-refractivity contribution in [2.24, 2.45) is 5.92 Å². The number of carbonyl (C=O) groups excluding carboxylic acids is 1. The first-order chi connectivity index (χ1) is 7.58. The number of benzene rings is 1. The highest BCUT2D eigenvalue weighted by Crippen LogP contribution is 2.23. The minimum atomic E-state index is 0.0945. The number of halogens is 1. The van der Waals surface area contributed by atoms with Gasteiger partial charge in [0.05, 0.1) is 0 Å². The molecule has 16 heavy (non-hydrogen) atoms. The molecule has 2 rings (SSSR count). The lowest BCUT2D eigenvalue weighted by atomic mass is 10.0. The van der Waals surface area contributed by atoms with Crippen LogP contribution in [0.5, 0.6) is 0 Å². The van der Waals surface area contributed by atoms with E-state index in [0.717, 1.165) is 20.9 Å². The first-order valence-corrected chi connectivity index (χ1v) is 6.15. The summed E-state index contributed by atoms with van der Waals surface area (Å²) in [6, 6.07) is 6.06. The molecule has 1 N–H and O–H groups in total. The summed E-state index contributed by atoms with van der Waals surface area (Å²) in [6.45, 7) is 3.88. The van der Waals surface area contributed by atoms with Crippen LogP contribution in [0, 0.1) is 5.92 Å². The van der Waals surface area contributed by atoms with Gasteiger partial charge < -0.3 is 4.98 Å². The van der Waals surface area contributed by atoms with Crippen LogP contribution in [0.15, 0.2) is 28.9 Å². The Balaban J connectivity index is 2.38. The Morgan fingerprint density at radius 3 is 2.88 bits per heavy atom. The molecule has 0 amide bonds. The van der Waals surface area contributed by atoms with E-state index in [0.29, 0.717) is 6.42 Å². The van der Waals surface area contributed by atoms with E-state index in [4.69, 9.17) is 0 Å². The third kappa shape index (κ3) is 2.19. The van der Waals surface area contributed by atoms with Gasteiger partial charge in [-0.15, -0.1) is 0 Å². The van der Waals surface area contributed by atoms with Gasteiger partial charge in [-0.25, -0.2) is 0 Å². The molecular weight excluding hydrogens is 266 g/mol. The van der Waals surface area contributed by atoms with Crippen LogP contribution in [0.2, 0.25) is 0 Å². The third-order valence-corrected chi connectivity index (χ3v) is 3.23. The van der Waals surface area contributed by atoms with E-state index in [1.54, 1.807) is 0 Å². The van der Waals surface area contributed by atoms with E-state index in [2.05, 4.69) is 27.0 Å². The van der Waals surface area contributed by atoms with Crippen molar-refractivity contribution >= 4 is 32.6 Å². The van der Waals surface area contributed by atoms with E-state index in [1.165, 1.54) is 0 Å². The highest BCUT2D eigenvalue weighted by molar-refractivity contribution is 9.10. The number of rotatable bonds is 3. The molecule has 84 valence electrons. The zero-order valence-corrected chi connectivity index (χ0v) is 11.0. The number of Topliss-reactive ketones (excluding diaryl/α,β-unsaturated/α-hetero) is 1. The van der Waals surface area contributed by atoms with Crippen LogP contribution in [-0.2, 0) is 11.2 Å². The van der Waals surface area contributed by atoms with Crippen molar-refractivity contribution in [1.29, 1.82) is 0 Å². The molecule has 0 fully saturated rings.